The van der Waals surface area contributed by atoms with Crippen molar-refractivity contribution in [3.63, 3.8) is 0 Å². The van der Waals surface area contributed by atoms with Crippen molar-refractivity contribution in [3.8, 4) is 11.3 Å². The van der Waals surface area contributed by atoms with E-state index in [4.69, 9.17) is 4.98 Å². The number of alkyl halides is 1. The van der Waals surface area contributed by atoms with Crippen LogP contribution in [0.2, 0.25) is 0 Å². The van der Waals surface area contributed by atoms with Gasteiger partial charge >= 0.3 is 0 Å². The zero-order valence-electron chi connectivity index (χ0n) is 15.4. The standard InChI is InChI=1S/C18H22FN7.ClH/c1-12-13(9-26(2)25-12)14-8-15-16(22-7-6-21-15)17(24-14)23-11-18(19)4-3-5-20-10-18;/h6-9,20H,3-5,10-11H2,1-2H3,(H,23,24);1H/t18-;/m1./s1. The lowest BCUT2D eigenvalue weighted by Gasteiger charge is -2.30. The Morgan fingerprint density at radius 3 is 2.85 bits per heavy atom. The summed E-state index contributed by atoms with van der Waals surface area (Å²) in [7, 11) is 1.87. The highest BCUT2D eigenvalue weighted by Crippen LogP contribution is 2.28. The Labute approximate surface area is 163 Å². The fourth-order valence-electron chi connectivity index (χ4n) is 3.41. The van der Waals surface area contributed by atoms with Crippen LogP contribution in [0, 0.1) is 6.92 Å². The van der Waals surface area contributed by atoms with E-state index in [2.05, 4.69) is 25.7 Å². The molecule has 0 bridgehead atoms. The molecule has 1 aliphatic rings. The SMILES string of the molecule is Cc1nn(C)cc1-c1cc2nccnc2c(NC[C@@]2(F)CCCNC2)n1.Cl. The number of hydrogen-bond donors (Lipinski definition) is 2. The van der Waals surface area contributed by atoms with E-state index in [0.717, 1.165) is 35.4 Å². The Morgan fingerprint density at radius 2 is 2.15 bits per heavy atom. The summed E-state index contributed by atoms with van der Waals surface area (Å²) < 4.78 is 16.7. The molecule has 2 N–H and O–H groups in total. The van der Waals surface area contributed by atoms with Crippen molar-refractivity contribution >= 4 is 29.3 Å². The fourth-order valence-corrected chi connectivity index (χ4v) is 3.41. The maximum absolute atomic E-state index is 14.9. The number of fused-ring (bicyclic) bond motifs is 1. The topological polar surface area (TPSA) is 80.5 Å². The van der Waals surface area contributed by atoms with Gasteiger partial charge in [-0.3, -0.25) is 9.67 Å². The quantitative estimate of drug-likeness (QED) is 0.711. The number of hydrogen-bond acceptors (Lipinski definition) is 6. The molecule has 3 aromatic heterocycles. The highest BCUT2D eigenvalue weighted by Gasteiger charge is 2.31. The molecular formula is C18H23ClFN7. The number of anilines is 1. The molecule has 144 valence electrons. The summed E-state index contributed by atoms with van der Waals surface area (Å²) in [6.07, 6.45) is 6.57. The van der Waals surface area contributed by atoms with Crippen LogP contribution in [-0.4, -0.2) is 50.0 Å². The first-order valence-electron chi connectivity index (χ1n) is 8.80. The van der Waals surface area contributed by atoms with Crippen LogP contribution in [0.15, 0.2) is 24.7 Å². The summed E-state index contributed by atoms with van der Waals surface area (Å²) in [5, 5.41) is 10.7. The molecule has 1 saturated heterocycles. The zero-order chi connectivity index (χ0) is 18.1. The summed E-state index contributed by atoms with van der Waals surface area (Å²) in [6.45, 7) is 3.35. The third kappa shape index (κ3) is 4.01. The molecule has 1 atom stereocenters. The number of rotatable bonds is 4. The third-order valence-electron chi connectivity index (χ3n) is 4.74. The van der Waals surface area contributed by atoms with Crippen molar-refractivity contribution in [2.45, 2.75) is 25.4 Å². The lowest BCUT2D eigenvalue weighted by atomic mass is 9.96. The molecular weight excluding hydrogens is 369 g/mol. The molecule has 4 heterocycles. The highest BCUT2D eigenvalue weighted by molar-refractivity contribution is 5.88. The van der Waals surface area contributed by atoms with Gasteiger partial charge in [0.05, 0.1) is 23.4 Å². The predicted molar refractivity (Wildman–Crippen MR) is 106 cm³/mol. The number of pyridine rings is 1. The van der Waals surface area contributed by atoms with Crippen LogP contribution in [0.4, 0.5) is 10.2 Å². The van der Waals surface area contributed by atoms with Crippen LogP contribution in [0.25, 0.3) is 22.3 Å². The van der Waals surface area contributed by atoms with Crippen molar-refractivity contribution in [1.29, 1.82) is 0 Å². The van der Waals surface area contributed by atoms with Gasteiger partial charge in [-0.05, 0) is 32.4 Å². The van der Waals surface area contributed by atoms with Gasteiger partial charge in [0.25, 0.3) is 0 Å². The first-order chi connectivity index (χ1) is 12.5. The minimum atomic E-state index is -1.28. The number of aryl methyl sites for hydroxylation is 2. The van der Waals surface area contributed by atoms with Gasteiger partial charge in [0.2, 0.25) is 0 Å². The van der Waals surface area contributed by atoms with Crippen molar-refractivity contribution in [2.75, 3.05) is 25.0 Å². The molecule has 0 amide bonds. The number of halogens is 2. The van der Waals surface area contributed by atoms with Gasteiger partial charge in [0, 0.05) is 37.7 Å². The minimum absolute atomic E-state index is 0. The highest BCUT2D eigenvalue weighted by atomic mass is 35.5. The molecule has 3 aromatic rings. The molecule has 0 aliphatic carbocycles. The summed E-state index contributed by atoms with van der Waals surface area (Å²) >= 11 is 0. The van der Waals surface area contributed by atoms with Gasteiger partial charge in [-0.15, -0.1) is 12.4 Å². The van der Waals surface area contributed by atoms with Crippen molar-refractivity contribution < 1.29 is 4.39 Å². The first-order valence-corrected chi connectivity index (χ1v) is 8.80. The van der Waals surface area contributed by atoms with Gasteiger partial charge in [-0.1, -0.05) is 0 Å². The van der Waals surface area contributed by atoms with Gasteiger partial charge in [-0.2, -0.15) is 5.10 Å². The number of nitrogens with zero attached hydrogens (tertiary/aromatic N) is 5. The fraction of sp³-hybridized carbons (Fsp3) is 0.444. The Kier molecular flexibility index (Phi) is 5.57. The molecule has 7 nitrogen and oxygen atoms in total. The van der Waals surface area contributed by atoms with Gasteiger partial charge in [-0.25, -0.2) is 14.4 Å². The molecule has 9 heteroatoms. The van der Waals surface area contributed by atoms with Crippen LogP contribution < -0.4 is 10.6 Å². The molecule has 1 fully saturated rings. The molecule has 0 saturated carbocycles. The average molecular weight is 392 g/mol. The summed E-state index contributed by atoms with van der Waals surface area (Å²) in [4.78, 5) is 13.5. The van der Waals surface area contributed by atoms with E-state index in [9.17, 15) is 4.39 Å². The zero-order valence-corrected chi connectivity index (χ0v) is 16.2. The van der Waals surface area contributed by atoms with Crippen molar-refractivity contribution in [3.05, 3.63) is 30.4 Å². The lowest BCUT2D eigenvalue weighted by Crippen LogP contribution is -2.46. The van der Waals surface area contributed by atoms with Crippen LogP contribution in [0.5, 0.6) is 0 Å². The second-order valence-corrected chi connectivity index (χ2v) is 6.87. The maximum Gasteiger partial charge on any atom is 0.155 e. The van der Waals surface area contributed by atoms with Crippen molar-refractivity contribution in [2.24, 2.45) is 7.05 Å². The van der Waals surface area contributed by atoms with E-state index < -0.39 is 5.67 Å². The van der Waals surface area contributed by atoms with E-state index in [-0.39, 0.29) is 19.0 Å². The molecule has 0 unspecified atom stereocenters. The maximum atomic E-state index is 14.9. The number of aromatic nitrogens is 5. The monoisotopic (exact) mass is 391 g/mol. The van der Waals surface area contributed by atoms with Crippen LogP contribution in [0.1, 0.15) is 18.5 Å². The Hall–Kier alpha value is -2.32. The van der Waals surface area contributed by atoms with Gasteiger partial charge in [0.15, 0.2) is 5.82 Å². The molecule has 0 spiro atoms. The van der Waals surface area contributed by atoms with E-state index >= 15 is 0 Å². The normalized spacial score (nSPS) is 19.7. The second-order valence-electron chi connectivity index (χ2n) is 6.87. The number of nitrogens with one attached hydrogen (secondary N) is 2. The largest absolute Gasteiger partial charge is 0.365 e. The number of piperidine rings is 1. The van der Waals surface area contributed by atoms with E-state index in [1.807, 2.05) is 26.2 Å². The van der Waals surface area contributed by atoms with E-state index in [1.165, 1.54) is 0 Å². The third-order valence-corrected chi connectivity index (χ3v) is 4.74. The summed E-state index contributed by atoms with van der Waals surface area (Å²) in [5.41, 5.74) is 2.64. The minimum Gasteiger partial charge on any atom is -0.365 e. The lowest BCUT2D eigenvalue weighted by molar-refractivity contribution is 0.137. The van der Waals surface area contributed by atoms with Crippen LogP contribution in [0.3, 0.4) is 0 Å². The second kappa shape index (κ2) is 7.74. The Balaban J connectivity index is 0.00000210. The molecule has 1 aliphatic heterocycles. The van der Waals surface area contributed by atoms with Crippen LogP contribution in [-0.2, 0) is 7.05 Å². The van der Waals surface area contributed by atoms with Gasteiger partial charge in [0.1, 0.15) is 11.2 Å². The van der Waals surface area contributed by atoms with Crippen LogP contribution >= 0.6 is 12.4 Å². The van der Waals surface area contributed by atoms with Crippen molar-refractivity contribution in [1.82, 2.24) is 30.0 Å². The molecule has 27 heavy (non-hydrogen) atoms. The Morgan fingerprint density at radius 1 is 1.33 bits per heavy atom. The molecule has 0 aromatic carbocycles. The smallest absolute Gasteiger partial charge is 0.155 e. The Bertz CT molecular complexity index is 937. The first kappa shape index (κ1) is 19.4. The molecule has 0 radical (unpaired) electrons. The summed E-state index contributed by atoms with van der Waals surface area (Å²) in [5.74, 6) is 0.552. The predicted octanol–water partition coefficient (Wildman–Crippen LogP) is 2.66. The average Bonchev–Trinajstić information content (AvgIpc) is 2.98. The summed E-state index contributed by atoms with van der Waals surface area (Å²) in [6, 6.07) is 1.89. The van der Waals surface area contributed by atoms with Gasteiger partial charge < -0.3 is 10.6 Å². The van der Waals surface area contributed by atoms with E-state index in [0.29, 0.717) is 24.3 Å². The van der Waals surface area contributed by atoms with E-state index in [1.54, 1.807) is 17.1 Å². The molecule has 4 rings (SSSR count).